The Balaban J connectivity index is 1.78. The number of aliphatic hydroxyl groups is 1. The highest BCUT2D eigenvalue weighted by molar-refractivity contribution is 5.99. The fourth-order valence-electron chi connectivity index (χ4n) is 3.60. The fourth-order valence-corrected chi connectivity index (χ4v) is 3.60. The van der Waals surface area contributed by atoms with Crippen LogP contribution < -0.4 is 16.2 Å². The van der Waals surface area contributed by atoms with Crippen molar-refractivity contribution in [2.75, 3.05) is 13.7 Å². The maximum absolute atomic E-state index is 13.0. The molecule has 0 radical (unpaired) electrons. The molecule has 0 atom stereocenters. The summed E-state index contributed by atoms with van der Waals surface area (Å²) in [6.07, 6.45) is 5.28. The molecule has 1 aliphatic rings. The molecule has 30 heavy (non-hydrogen) atoms. The van der Waals surface area contributed by atoms with E-state index in [1.165, 1.54) is 23.9 Å². The molecule has 1 aliphatic carbocycles. The molecule has 0 unspecified atom stereocenters. The number of nitrogens with zero attached hydrogens (tertiary/aromatic N) is 2. The third-order valence-electron chi connectivity index (χ3n) is 5.29. The Morgan fingerprint density at radius 1 is 1.13 bits per heavy atom. The van der Waals surface area contributed by atoms with Crippen molar-refractivity contribution in [3.05, 3.63) is 69.8 Å². The number of carbonyl (C=O) groups is 2. The number of amides is 2. The number of benzene rings is 1. The smallest absolute Gasteiger partial charge is 0.263 e. The highest BCUT2D eigenvalue weighted by Crippen LogP contribution is 2.22. The van der Waals surface area contributed by atoms with Gasteiger partial charge in [0, 0.05) is 42.9 Å². The highest BCUT2D eigenvalue weighted by atomic mass is 16.3. The Morgan fingerprint density at radius 3 is 2.60 bits per heavy atom. The Hall–Kier alpha value is -3.39. The summed E-state index contributed by atoms with van der Waals surface area (Å²) in [6, 6.07) is 9.24. The summed E-state index contributed by atoms with van der Waals surface area (Å²) >= 11 is 0. The Bertz CT molecular complexity index is 1170. The summed E-state index contributed by atoms with van der Waals surface area (Å²) in [5, 5.41) is 15.7. The van der Waals surface area contributed by atoms with Gasteiger partial charge in [-0.1, -0.05) is 18.2 Å². The van der Waals surface area contributed by atoms with Gasteiger partial charge in [0.15, 0.2) is 0 Å². The Labute approximate surface area is 173 Å². The standard InChI is InChI=1S/C22H24N4O4/c1-23-21(29)18-10-14(20(28)24-16-6-7-16)11-26(22(18)30)13-15-12-25(8-9-27)19-5-3-2-4-17(15)19/h2-5,10-12,16,27H,6-9,13H2,1H3,(H,23,29)(H,24,28). The third-order valence-corrected chi connectivity index (χ3v) is 5.29. The van der Waals surface area contributed by atoms with Gasteiger partial charge in [-0.05, 0) is 30.5 Å². The average Bonchev–Trinajstić information content (AvgIpc) is 3.50. The van der Waals surface area contributed by atoms with E-state index in [0.29, 0.717) is 6.54 Å². The van der Waals surface area contributed by atoms with Crippen molar-refractivity contribution in [3.8, 4) is 0 Å². The van der Waals surface area contributed by atoms with E-state index in [-0.39, 0.29) is 36.2 Å². The molecule has 3 aromatic rings. The Kier molecular flexibility index (Phi) is 5.41. The second-order valence-corrected chi connectivity index (χ2v) is 7.49. The van der Waals surface area contributed by atoms with Gasteiger partial charge in [-0.25, -0.2) is 0 Å². The maximum Gasteiger partial charge on any atom is 0.263 e. The van der Waals surface area contributed by atoms with E-state index in [9.17, 15) is 19.5 Å². The molecule has 0 saturated heterocycles. The molecule has 156 valence electrons. The topological polar surface area (TPSA) is 105 Å². The number of aliphatic hydroxyl groups excluding tert-OH is 1. The summed E-state index contributed by atoms with van der Waals surface area (Å²) in [6.45, 7) is 0.630. The van der Waals surface area contributed by atoms with Gasteiger partial charge in [-0.3, -0.25) is 14.4 Å². The van der Waals surface area contributed by atoms with E-state index in [1.54, 1.807) is 0 Å². The van der Waals surface area contributed by atoms with Gasteiger partial charge in [-0.15, -0.1) is 0 Å². The van der Waals surface area contributed by atoms with E-state index < -0.39 is 11.5 Å². The fraction of sp³-hybridized carbons (Fsp3) is 0.318. The first-order valence-corrected chi connectivity index (χ1v) is 9.97. The molecule has 1 aromatic carbocycles. The van der Waals surface area contributed by atoms with E-state index in [1.807, 2.05) is 35.0 Å². The number of carbonyl (C=O) groups excluding carboxylic acids is 2. The van der Waals surface area contributed by atoms with Crippen LogP contribution in [0.25, 0.3) is 10.9 Å². The molecule has 1 fully saturated rings. The lowest BCUT2D eigenvalue weighted by molar-refractivity contribution is 0.0950. The molecule has 0 bridgehead atoms. The lowest BCUT2D eigenvalue weighted by Gasteiger charge is -2.11. The van der Waals surface area contributed by atoms with Gasteiger partial charge in [0.05, 0.1) is 18.7 Å². The molecule has 1 saturated carbocycles. The highest BCUT2D eigenvalue weighted by Gasteiger charge is 2.25. The maximum atomic E-state index is 13.0. The van der Waals surface area contributed by atoms with Crippen LogP contribution in [0.5, 0.6) is 0 Å². The molecular formula is C22H24N4O4. The van der Waals surface area contributed by atoms with Crippen molar-refractivity contribution in [2.45, 2.75) is 32.0 Å². The zero-order valence-corrected chi connectivity index (χ0v) is 16.7. The van der Waals surface area contributed by atoms with Crippen LogP contribution in [0.4, 0.5) is 0 Å². The van der Waals surface area contributed by atoms with Crippen LogP contribution in [0.1, 0.15) is 39.1 Å². The van der Waals surface area contributed by atoms with Crippen molar-refractivity contribution < 1.29 is 14.7 Å². The number of para-hydroxylation sites is 1. The predicted octanol–water partition coefficient (Wildman–Crippen LogP) is 1.10. The van der Waals surface area contributed by atoms with Gasteiger partial charge in [-0.2, -0.15) is 0 Å². The van der Waals surface area contributed by atoms with E-state index in [4.69, 9.17) is 0 Å². The van der Waals surface area contributed by atoms with Gasteiger partial charge in [0.2, 0.25) is 0 Å². The number of pyridine rings is 1. The minimum absolute atomic E-state index is 0.00426. The van der Waals surface area contributed by atoms with Crippen LogP contribution in [0.15, 0.2) is 47.5 Å². The zero-order chi connectivity index (χ0) is 21.3. The first-order valence-electron chi connectivity index (χ1n) is 9.97. The van der Waals surface area contributed by atoms with Crippen molar-refractivity contribution in [1.29, 1.82) is 0 Å². The van der Waals surface area contributed by atoms with Crippen molar-refractivity contribution in [3.63, 3.8) is 0 Å². The largest absolute Gasteiger partial charge is 0.395 e. The number of hydrogen-bond donors (Lipinski definition) is 3. The normalized spacial score (nSPS) is 13.4. The molecular weight excluding hydrogens is 384 g/mol. The minimum atomic E-state index is -0.530. The van der Waals surface area contributed by atoms with Gasteiger partial charge in [0.25, 0.3) is 17.4 Å². The molecule has 3 N–H and O–H groups in total. The lowest BCUT2D eigenvalue weighted by Crippen LogP contribution is -2.34. The van der Waals surface area contributed by atoms with Crippen LogP contribution in [0, 0.1) is 0 Å². The summed E-state index contributed by atoms with van der Waals surface area (Å²) in [5.41, 5.74) is 1.56. The number of aromatic nitrogens is 2. The predicted molar refractivity (Wildman–Crippen MR) is 113 cm³/mol. The summed E-state index contributed by atoms with van der Waals surface area (Å²) < 4.78 is 3.33. The molecule has 0 spiro atoms. The van der Waals surface area contributed by atoms with Crippen LogP contribution in [0.3, 0.4) is 0 Å². The van der Waals surface area contributed by atoms with Crippen LogP contribution >= 0.6 is 0 Å². The monoisotopic (exact) mass is 408 g/mol. The summed E-state index contributed by atoms with van der Waals surface area (Å²) in [4.78, 5) is 37.8. The quantitative estimate of drug-likeness (QED) is 0.544. The van der Waals surface area contributed by atoms with Crippen molar-refractivity contribution in [1.82, 2.24) is 19.8 Å². The van der Waals surface area contributed by atoms with Crippen LogP contribution in [-0.2, 0) is 13.1 Å². The van der Waals surface area contributed by atoms with E-state index in [2.05, 4.69) is 10.6 Å². The van der Waals surface area contributed by atoms with E-state index in [0.717, 1.165) is 29.3 Å². The summed E-state index contributed by atoms with van der Waals surface area (Å²) in [5.74, 6) is -0.823. The molecule has 2 heterocycles. The second kappa shape index (κ2) is 8.16. The number of hydrogen-bond acceptors (Lipinski definition) is 4. The first kappa shape index (κ1) is 19.9. The number of nitrogens with one attached hydrogen (secondary N) is 2. The SMILES string of the molecule is CNC(=O)c1cc(C(=O)NC2CC2)cn(Cc2cn(CCO)c3ccccc23)c1=O. The minimum Gasteiger partial charge on any atom is -0.395 e. The summed E-state index contributed by atoms with van der Waals surface area (Å²) in [7, 11) is 1.45. The molecule has 8 heteroatoms. The third kappa shape index (κ3) is 3.86. The lowest BCUT2D eigenvalue weighted by atomic mass is 10.1. The van der Waals surface area contributed by atoms with Crippen LogP contribution in [-0.4, -0.2) is 45.8 Å². The first-order chi connectivity index (χ1) is 14.5. The van der Waals surface area contributed by atoms with Crippen molar-refractivity contribution >= 4 is 22.7 Å². The number of rotatable bonds is 7. The average molecular weight is 408 g/mol. The van der Waals surface area contributed by atoms with E-state index >= 15 is 0 Å². The Morgan fingerprint density at radius 2 is 1.90 bits per heavy atom. The zero-order valence-electron chi connectivity index (χ0n) is 16.7. The molecule has 0 aliphatic heterocycles. The molecule has 8 nitrogen and oxygen atoms in total. The van der Waals surface area contributed by atoms with Crippen LogP contribution in [0.2, 0.25) is 0 Å². The van der Waals surface area contributed by atoms with Gasteiger partial charge in [0.1, 0.15) is 5.56 Å². The number of fused-ring (bicyclic) bond motifs is 1. The molecule has 4 rings (SSSR count). The van der Waals surface area contributed by atoms with Crippen molar-refractivity contribution in [2.24, 2.45) is 0 Å². The van der Waals surface area contributed by atoms with Gasteiger partial charge >= 0.3 is 0 Å². The molecule has 2 aromatic heterocycles. The van der Waals surface area contributed by atoms with Gasteiger partial charge < -0.3 is 24.9 Å². The molecule has 2 amide bonds. The second-order valence-electron chi connectivity index (χ2n) is 7.49.